The fourth-order valence-corrected chi connectivity index (χ4v) is 1.67. The molecule has 0 spiro atoms. The number of nitrogens with zero attached hydrogens (tertiary/aromatic N) is 2. The highest BCUT2D eigenvalue weighted by Gasteiger charge is 2.21. The first-order valence-electron chi connectivity index (χ1n) is 6.92. The van der Waals surface area contributed by atoms with Gasteiger partial charge >= 0.3 is 6.09 Å². The summed E-state index contributed by atoms with van der Waals surface area (Å²) in [5, 5.41) is 31.2. The van der Waals surface area contributed by atoms with Crippen LogP contribution in [0.4, 0.5) is 4.79 Å². The Bertz CT molecular complexity index is 548. The second-order valence-electron chi connectivity index (χ2n) is 5.81. The van der Waals surface area contributed by atoms with Crippen LogP contribution in [0.3, 0.4) is 0 Å². The Hall–Kier alpha value is -2.17. The third kappa shape index (κ3) is 6.08. The number of carbonyl (C=O) groups is 1. The first kappa shape index (κ1) is 17.9. The van der Waals surface area contributed by atoms with E-state index in [9.17, 15) is 15.0 Å². The van der Waals surface area contributed by atoms with Gasteiger partial charge in [0.25, 0.3) is 0 Å². The summed E-state index contributed by atoms with van der Waals surface area (Å²) >= 11 is 0. The van der Waals surface area contributed by atoms with E-state index < -0.39 is 23.9 Å². The lowest BCUT2D eigenvalue weighted by Gasteiger charge is -2.21. The van der Waals surface area contributed by atoms with E-state index in [1.165, 1.54) is 18.3 Å². The number of nitriles is 1. The molecule has 1 aromatic heterocycles. The van der Waals surface area contributed by atoms with E-state index in [2.05, 4.69) is 10.3 Å². The number of aliphatic hydroxyl groups is 2. The molecule has 7 nitrogen and oxygen atoms in total. The Morgan fingerprint density at radius 1 is 1.50 bits per heavy atom. The van der Waals surface area contributed by atoms with Crippen molar-refractivity contribution in [2.45, 2.75) is 45.0 Å². The van der Waals surface area contributed by atoms with Gasteiger partial charge in [-0.3, -0.25) is 4.98 Å². The molecule has 0 radical (unpaired) electrons. The Balaban J connectivity index is 2.46. The largest absolute Gasteiger partial charge is 0.444 e. The number of hydrogen-bond acceptors (Lipinski definition) is 6. The summed E-state index contributed by atoms with van der Waals surface area (Å²) in [5.41, 5.74) is -0.0314. The zero-order valence-electron chi connectivity index (χ0n) is 12.9. The van der Waals surface area contributed by atoms with Crippen LogP contribution in [0.1, 0.15) is 44.6 Å². The number of carbonyl (C=O) groups excluding carboxylic acids is 1. The number of aromatic nitrogens is 1. The summed E-state index contributed by atoms with van der Waals surface area (Å²) in [4.78, 5) is 15.4. The van der Waals surface area contributed by atoms with Crippen molar-refractivity contribution in [3.05, 3.63) is 29.6 Å². The molecule has 22 heavy (non-hydrogen) atoms. The molecule has 2 unspecified atom stereocenters. The topological polar surface area (TPSA) is 115 Å². The minimum Gasteiger partial charge on any atom is -0.444 e. The Morgan fingerprint density at radius 3 is 2.77 bits per heavy atom. The molecule has 7 heteroatoms. The number of alkyl carbamates (subject to hydrolysis) is 1. The van der Waals surface area contributed by atoms with Gasteiger partial charge in [-0.25, -0.2) is 4.79 Å². The van der Waals surface area contributed by atoms with Crippen molar-refractivity contribution in [2.24, 2.45) is 0 Å². The third-order valence-corrected chi connectivity index (χ3v) is 2.69. The van der Waals surface area contributed by atoms with Gasteiger partial charge in [-0.15, -0.1) is 0 Å². The van der Waals surface area contributed by atoms with Crippen molar-refractivity contribution in [1.29, 1.82) is 5.26 Å². The summed E-state index contributed by atoms with van der Waals surface area (Å²) in [6.45, 7) is 5.39. The van der Waals surface area contributed by atoms with Crippen molar-refractivity contribution in [2.75, 3.05) is 6.54 Å². The Labute approximate surface area is 129 Å². The smallest absolute Gasteiger partial charge is 0.407 e. The van der Waals surface area contributed by atoms with Gasteiger partial charge in [0.2, 0.25) is 0 Å². The van der Waals surface area contributed by atoms with Gasteiger partial charge in [0, 0.05) is 12.7 Å². The summed E-state index contributed by atoms with van der Waals surface area (Å²) in [6, 6.07) is 4.85. The first-order valence-corrected chi connectivity index (χ1v) is 6.92. The van der Waals surface area contributed by atoms with Crippen LogP contribution >= 0.6 is 0 Å². The molecule has 1 aromatic rings. The maximum Gasteiger partial charge on any atom is 0.407 e. The lowest BCUT2D eigenvalue weighted by molar-refractivity contribution is 0.00992. The van der Waals surface area contributed by atoms with E-state index in [4.69, 9.17) is 10.00 Å². The zero-order chi connectivity index (χ0) is 16.8. The third-order valence-electron chi connectivity index (χ3n) is 2.69. The lowest BCUT2D eigenvalue weighted by atomic mass is 10.1. The molecule has 1 amide bonds. The molecule has 0 aliphatic heterocycles. The van der Waals surface area contributed by atoms with Gasteiger partial charge in [-0.05, 0) is 39.3 Å². The number of nitrogens with one attached hydrogen (secondary N) is 1. The van der Waals surface area contributed by atoms with Crippen LogP contribution < -0.4 is 5.32 Å². The van der Waals surface area contributed by atoms with E-state index in [1.807, 2.05) is 6.07 Å². The quantitative estimate of drug-likeness (QED) is 0.754. The molecule has 0 bridgehead atoms. The van der Waals surface area contributed by atoms with Crippen LogP contribution in [0.25, 0.3) is 0 Å². The summed E-state index contributed by atoms with van der Waals surface area (Å²) < 4.78 is 5.05. The van der Waals surface area contributed by atoms with Crippen LogP contribution in [0, 0.1) is 11.3 Å². The molecule has 0 aliphatic rings. The summed E-state index contributed by atoms with van der Waals surface area (Å²) in [6.07, 6.45) is -1.41. The van der Waals surface area contributed by atoms with Gasteiger partial charge in [-0.1, -0.05) is 0 Å². The number of amides is 1. The number of rotatable bonds is 5. The van der Waals surface area contributed by atoms with Gasteiger partial charge in [0.15, 0.2) is 0 Å². The number of aliphatic hydroxyl groups excluding tert-OH is 2. The predicted molar refractivity (Wildman–Crippen MR) is 78.8 cm³/mol. The van der Waals surface area contributed by atoms with Crippen molar-refractivity contribution in [1.82, 2.24) is 10.3 Å². The van der Waals surface area contributed by atoms with Gasteiger partial charge in [0.1, 0.15) is 11.7 Å². The normalized spacial score (nSPS) is 13.8. The molecule has 1 rings (SSSR count). The van der Waals surface area contributed by atoms with E-state index in [0.29, 0.717) is 5.56 Å². The highest BCUT2D eigenvalue weighted by molar-refractivity contribution is 5.67. The fourth-order valence-electron chi connectivity index (χ4n) is 1.67. The number of pyridine rings is 1. The van der Waals surface area contributed by atoms with Crippen LogP contribution in [0.2, 0.25) is 0 Å². The Morgan fingerprint density at radius 2 is 2.18 bits per heavy atom. The maximum absolute atomic E-state index is 11.4. The number of hydrogen-bond donors (Lipinski definition) is 3. The zero-order valence-corrected chi connectivity index (χ0v) is 12.9. The van der Waals surface area contributed by atoms with Crippen LogP contribution in [0.15, 0.2) is 18.3 Å². The highest BCUT2D eigenvalue weighted by atomic mass is 16.6. The minimum atomic E-state index is -1.23. The second kappa shape index (κ2) is 7.73. The van der Waals surface area contributed by atoms with E-state index in [1.54, 1.807) is 20.8 Å². The van der Waals surface area contributed by atoms with Crippen molar-refractivity contribution >= 4 is 6.09 Å². The van der Waals surface area contributed by atoms with Gasteiger partial charge < -0.3 is 20.3 Å². The molecule has 3 N–H and O–H groups in total. The lowest BCUT2D eigenvalue weighted by Crippen LogP contribution is -2.34. The molecular weight excluding hydrogens is 286 g/mol. The fraction of sp³-hybridized carbons (Fsp3) is 0.533. The van der Waals surface area contributed by atoms with Crippen molar-refractivity contribution in [3.63, 3.8) is 0 Å². The van der Waals surface area contributed by atoms with Crippen LogP contribution in [-0.2, 0) is 4.74 Å². The molecule has 0 aliphatic carbocycles. The first-order chi connectivity index (χ1) is 10.2. The van der Waals surface area contributed by atoms with Crippen LogP contribution in [-0.4, -0.2) is 39.5 Å². The molecule has 120 valence electrons. The monoisotopic (exact) mass is 307 g/mol. The SMILES string of the molecule is CC(C)(C)OC(=O)NCCC(O)C(O)c1cc(C#N)ccn1. The van der Waals surface area contributed by atoms with Crippen molar-refractivity contribution in [3.8, 4) is 6.07 Å². The molecule has 0 aromatic carbocycles. The maximum atomic E-state index is 11.4. The van der Waals surface area contributed by atoms with Gasteiger partial charge in [0.05, 0.1) is 23.4 Å². The number of ether oxygens (including phenoxy) is 1. The minimum absolute atomic E-state index is 0.124. The predicted octanol–water partition coefficient (Wildman–Crippen LogP) is 1.26. The molecular formula is C15H21N3O4. The highest BCUT2D eigenvalue weighted by Crippen LogP contribution is 2.17. The van der Waals surface area contributed by atoms with Crippen molar-refractivity contribution < 1.29 is 19.7 Å². The van der Waals surface area contributed by atoms with E-state index in [-0.39, 0.29) is 18.7 Å². The standard InChI is InChI=1S/C15H21N3O4/c1-15(2,3)22-14(21)18-7-5-12(19)13(20)11-8-10(9-16)4-6-17-11/h4,6,8,12-13,19-20H,5,7H2,1-3H3,(H,18,21). The molecule has 0 saturated heterocycles. The molecule has 1 heterocycles. The summed E-state index contributed by atoms with van der Waals surface area (Å²) in [7, 11) is 0. The van der Waals surface area contributed by atoms with E-state index in [0.717, 1.165) is 0 Å². The average Bonchev–Trinajstić information content (AvgIpc) is 2.44. The van der Waals surface area contributed by atoms with Gasteiger partial charge in [-0.2, -0.15) is 5.26 Å². The molecule has 0 saturated carbocycles. The molecule has 2 atom stereocenters. The van der Waals surface area contributed by atoms with E-state index >= 15 is 0 Å². The van der Waals surface area contributed by atoms with Crippen LogP contribution in [0.5, 0.6) is 0 Å². The average molecular weight is 307 g/mol. The second-order valence-corrected chi connectivity index (χ2v) is 5.81. The molecule has 0 fully saturated rings. The Kier molecular flexibility index (Phi) is 6.28. The summed E-state index contributed by atoms with van der Waals surface area (Å²) in [5.74, 6) is 0.